The van der Waals surface area contributed by atoms with Gasteiger partial charge in [-0.1, -0.05) is 6.07 Å². The van der Waals surface area contributed by atoms with Crippen LogP contribution >= 0.6 is 0 Å². The molecule has 0 amide bonds. The number of anilines is 2. The van der Waals surface area contributed by atoms with Crippen LogP contribution in [0.4, 0.5) is 11.6 Å². The van der Waals surface area contributed by atoms with Crippen molar-refractivity contribution >= 4 is 11.6 Å². The molecule has 0 aromatic carbocycles. The minimum Gasteiger partial charge on any atom is -0.381 e. The van der Waals surface area contributed by atoms with Gasteiger partial charge in [0.25, 0.3) is 0 Å². The van der Waals surface area contributed by atoms with E-state index >= 15 is 0 Å². The maximum atomic E-state index is 5.42. The fourth-order valence-corrected chi connectivity index (χ4v) is 1.83. The Bertz CT molecular complexity index is 326. The highest BCUT2D eigenvalue weighted by Crippen LogP contribution is 2.15. The standard InChI is InChI=1S/C11H18N4O/c12-15-11-5-1-4-10(14-11)13-7-9-3-2-6-16-8-9/h1,4-5,9H,2-3,6-8,12H2,(H2,13,14,15). The van der Waals surface area contributed by atoms with Gasteiger partial charge in [0.15, 0.2) is 0 Å². The highest BCUT2D eigenvalue weighted by molar-refractivity contribution is 5.44. The van der Waals surface area contributed by atoms with Crippen molar-refractivity contribution in [2.75, 3.05) is 30.5 Å². The molecule has 1 atom stereocenters. The third kappa shape index (κ3) is 3.08. The van der Waals surface area contributed by atoms with Crippen molar-refractivity contribution < 1.29 is 4.74 Å². The smallest absolute Gasteiger partial charge is 0.142 e. The van der Waals surface area contributed by atoms with Crippen LogP contribution in [0.25, 0.3) is 0 Å². The van der Waals surface area contributed by atoms with Crippen molar-refractivity contribution in [1.29, 1.82) is 0 Å². The molecule has 0 radical (unpaired) electrons. The third-order valence-electron chi connectivity index (χ3n) is 2.72. The van der Waals surface area contributed by atoms with Crippen LogP contribution < -0.4 is 16.6 Å². The lowest BCUT2D eigenvalue weighted by molar-refractivity contribution is 0.0595. The number of hydrogen-bond acceptors (Lipinski definition) is 5. The average Bonchev–Trinajstić information content (AvgIpc) is 2.38. The second-order valence-electron chi connectivity index (χ2n) is 4.02. The molecule has 1 fully saturated rings. The number of nitrogens with two attached hydrogens (primary N) is 1. The Balaban J connectivity index is 1.83. The topological polar surface area (TPSA) is 72.2 Å². The Morgan fingerprint density at radius 1 is 1.44 bits per heavy atom. The Kier molecular flexibility index (Phi) is 3.96. The molecule has 1 saturated heterocycles. The maximum absolute atomic E-state index is 5.42. The number of nitrogens with one attached hydrogen (secondary N) is 2. The van der Waals surface area contributed by atoms with E-state index < -0.39 is 0 Å². The van der Waals surface area contributed by atoms with Gasteiger partial charge in [0.05, 0.1) is 6.61 Å². The van der Waals surface area contributed by atoms with Crippen LogP contribution in [0.2, 0.25) is 0 Å². The van der Waals surface area contributed by atoms with E-state index in [-0.39, 0.29) is 0 Å². The molecular formula is C11H18N4O. The summed E-state index contributed by atoms with van der Waals surface area (Å²) in [6.45, 7) is 2.66. The molecule has 1 aliphatic heterocycles. The predicted molar refractivity (Wildman–Crippen MR) is 64.1 cm³/mol. The van der Waals surface area contributed by atoms with Gasteiger partial charge in [0.1, 0.15) is 11.6 Å². The largest absolute Gasteiger partial charge is 0.381 e. The summed E-state index contributed by atoms with van der Waals surface area (Å²) in [5.74, 6) is 7.40. The van der Waals surface area contributed by atoms with E-state index in [4.69, 9.17) is 10.6 Å². The lowest BCUT2D eigenvalue weighted by Gasteiger charge is -2.22. The molecule has 1 aromatic rings. The van der Waals surface area contributed by atoms with E-state index in [0.717, 1.165) is 32.0 Å². The number of nitrogen functional groups attached to an aromatic ring is 1. The average molecular weight is 222 g/mol. The van der Waals surface area contributed by atoms with Gasteiger partial charge < -0.3 is 15.5 Å². The fraction of sp³-hybridized carbons (Fsp3) is 0.545. The predicted octanol–water partition coefficient (Wildman–Crippen LogP) is 1.21. The Hall–Kier alpha value is -1.33. The van der Waals surface area contributed by atoms with Crippen LogP contribution in [0.3, 0.4) is 0 Å². The second kappa shape index (κ2) is 5.67. The van der Waals surface area contributed by atoms with Crippen molar-refractivity contribution in [2.24, 2.45) is 11.8 Å². The van der Waals surface area contributed by atoms with E-state index in [1.54, 1.807) is 0 Å². The van der Waals surface area contributed by atoms with Gasteiger partial charge >= 0.3 is 0 Å². The van der Waals surface area contributed by atoms with Gasteiger partial charge in [-0.15, -0.1) is 0 Å². The monoisotopic (exact) mass is 222 g/mol. The van der Waals surface area contributed by atoms with Crippen molar-refractivity contribution in [3.8, 4) is 0 Å². The summed E-state index contributed by atoms with van der Waals surface area (Å²) in [6, 6.07) is 5.68. The second-order valence-corrected chi connectivity index (χ2v) is 4.02. The fourth-order valence-electron chi connectivity index (χ4n) is 1.83. The molecule has 1 aliphatic rings. The number of ether oxygens (including phenoxy) is 1. The summed E-state index contributed by atoms with van der Waals surface area (Å²) < 4.78 is 5.42. The number of nitrogens with zero attached hydrogens (tertiary/aromatic N) is 1. The van der Waals surface area contributed by atoms with Gasteiger partial charge in [0, 0.05) is 13.2 Å². The molecule has 16 heavy (non-hydrogen) atoms. The first kappa shape index (κ1) is 11.2. The van der Waals surface area contributed by atoms with Gasteiger partial charge in [-0.05, 0) is 30.9 Å². The minimum atomic E-state index is 0.588. The maximum Gasteiger partial charge on any atom is 0.142 e. The Labute approximate surface area is 95.4 Å². The first-order valence-electron chi connectivity index (χ1n) is 5.64. The molecule has 2 heterocycles. The molecule has 0 saturated carbocycles. The van der Waals surface area contributed by atoms with Gasteiger partial charge in [-0.2, -0.15) is 0 Å². The van der Waals surface area contributed by atoms with Crippen LogP contribution in [-0.4, -0.2) is 24.7 Å². The van der Waals surface area contributed by atoms with Crippen LogP contribution in [0.5, 0.6) is 0 Å². The summed E-state index contributed by atoms with van der Waals surface area (Å²) in [7, 11) is 0. The lowest BCUT2D eigenvalue weighted by Crippen LogP contribution is -2.24. The molecular weight excluding hydrogens is 204 g/mol. The van der Waals surface area contributed by atoms with Crippen molar-refractivity contribution in [2.45, 2.75) is 12.8 Å². The van der Waals surface area contributed by atoms with E-state index in [1.807, 2.05) is 18.2 Å². The summed E-state index contributed by atoms with van der Waals surface area (Å²) in [5, 5.41) is 3.30. The van der Waals surface area contributed by atoms with Crippen molar-refractivity contribution in [3.05, 3.63) is 18.2 Å². The van der Waals surface area contributed by atoms with Gasteiger partial charge in [0.2, 0.25) is 0 Å². The first-order chi connectivity index (χ1) is 7.88. The minimum absolute atomic E-state index is 0.588. The number of hydrogen-bond donors (Lipinski definition) is 3. The number of aromatic nitrogens is 1. The molecule has 0 spiro atoms. The SMILES string of the molecule is NNc1cccc(NCC2CCCOC2)n1. The van der Waals surface area contributed by atoms with Crippen LogP contribution in [-0.2, 0) is 4.74 Å². The summed E-state index contributed by atoms with van der Waals surface area (Å²) in [4.78, 5) is 4.29. The highest BCUT2D eigenvalue weighted by Gasteiger charge is 2.13. The van der Waals surface area contributed by atoms with Crippen LogP contribution in [0.15, 0.2) is 18.2 Å². The first-order valence-corrected chi connectivity index (χ1v) is 5.64. The van der Waals surface area contributed by atoms with E-state index in [0.29, 0.717) is 11.7 Å². The van der Waals surface area contributed by atoms with Crippen LogP contribution in [0, 0.1) is 5.92 Å². The molecule has 5 heteroatoms. The van der Waals surface area contributed by atoms with Crippen molar-refractivity contribution in [3.63, 3.8) is 0 Å². The lowest BCUT2D eigenvalue weighted by atomic mass is 10.0. The van der Waals surface area contributed by atoms with E-state index in [2.05, 4.69) is 15.7 Å². The molecule has 5 nitrogen and oxygen atoms in total. The Morgan fingerprint density at radius 3 is 3.06 bits per heavy atom. The molecule has 1 aromatic heterocycles. The molecule has 2 rings (SSSR count). The zero-order chi connectivity index (χ0) is 11.2. The number of hydrazine groups is 1. The van der Waals surface area contributed by atoms with Crippen molar-refractivity contribution in [1.82, 2.24) is 4.98 Å². The molecule has 0 aliphatic carbocycles. The highest BCUT2D eigenvalue weighted by atomic mass is 16.5. The molecule has 1 unspecified atom stereocenters. The summed E-state index contributed by atoms with van der Waals surface area (Å²) in [5.41, 5.74) is 2.53. The zero-order valence-electron chi connectivity index (χ0n) is 9.28. The summed E-state index contributed by atoms with van der Waals surface area (Å²) >= 11 is 0. The summed E-state index contributed by atoms with van der Waals surface area (Å²) in [6.07, 6.45) is 2.38. The zero-order valence-corrected chi connectivity index (χ0v) is 9.28. The Morgan fingerprint density at radius 2 is 2.31 bits per heavy atom. The molecule has 0 bridgehead atoms. The quantitative estimate of drug-likeness (QED) is 0.527. The van der Waals surface area contributed by atoms with Crippen LogP contribution in [0.1, 0.15) is 12.8 Å². The molecule has 88 valence electrons. The van der Waals surface area contributed by atoms with E-state index in [9.17, 15) is 0 Å². The third-order valence-corrected chi connectivity index (χ3v) is 2.72. The van der Waals surface area contributed by atoms with Gasteiger partial charge in [-0.25, -0.2) is 10.8 Å². The molecule has 4 N–H and O–H groups in total. The van der Waals surface area contributed by atoms with E-state index in [1.165, 1.54) is 6.42 Å². The normalized spacial score (nSPS) is 20.4. The number of pyridine rings is 1. The van der Waals surface area contributed by atoms with Gasteiger partial charge in [-0.3, -0.25) is 0 Å². The number of rotatable bonds is 4.